The number of nitrogens with one attached hydrogen (secondary N) is 1. The topological polar surface area (TPSA) is 79.5 Å². The van der Waals surface area contributed by atoms with Crippen LogP contribution in [-0.4, -0.2) is 48.5 Å². The van der Waals surface area contributed by atoms with Crippen LogP contribution in [-0.2, 0) is 4.74 Å². The van der Waals surface area contributed by atoms with E-state index >= 15 is 0 Å². The molecule has 0 radical (unpaired) electrons. The molecule has 0 aromatic carbocycles. The number of nitro groups is 1. The highest BCUT2D eigenvalue weighted by atomic mass is 19.3. The lowest BCUT2D eigenvalue weighted by Crippen LogP contribution is -2.47. The molecular formula is C8H13F2N3O3. The third kappa shape index (κ3) is 2.63. The first kappa shape index (κ1) is 12.8. The molecule has 1 fully saturated rings. The van der Waals surface area contributed by atoms with Crippen LogP contribution >= 0.6 is 0 Å². The zero-order chi connectivity index (χ0) is 12.3. The van der Waals surface area contributed by atoms with Gasteiger partial charge < -0.3 is 9.64 Å². The van der Waals surface area contributed by atoms with Gasteiger partial charge in [0.1, 0.15) is 4.92 Å². The monoisotopic (exact) mass is 237 g/mol. The summed E-state index contributed by atoms with van der Waals surface area (Å²) in [6, 6.07) is -4.33. The molecule has 1 rings (SSSR count). The maximum absolute atomic E-state index is 12.9. The molecule has 1 aliphatic heterocycles. The largest absolute Gasteiger partial charge is 0.571 e. The Labute approximate surface area is 90.8 Å². The van der Waals surface area contributed by atoms with E-state index in [1.54, 1.807) is 0 Å². The van der Waals surface area contributed by atoms with Gasteiger partial charge in [-0.1, -0.05) is 0 Å². The molecule has 0 amide bonds. The summed E-state index contributed by atoms with van der Waals surface area (Å²) in [5.74, 6) is -1.24. The Morgan fingerprint density at radius 3 is 2.81 bits per heavy atom. The lowest BCUT2D eigenvalue weighted by Gasteiger charge is -2.23. The van der Waals surface area contributed by atoms with Gasteiger partial charge in [-0.05, 0) is 6.42 Å². The van der Waals surface area contributed by atoms with Crippen molar-refractivity contribution in [2.75, 3.05) is 26.8 Å². The van der Waals surface area contributed by atoms with Crippen molar-refractivity contribution in [2.45, 2.75) is 12.5 Å². The second-order valence-electron chi connectivity index (χ2n) is 3.76. The van der Waals surface area contributed by atoms with Crippen molar-refractivity contribution in [2.24, 2.45) is 5.92 Å². The van der Waals surface area contributed by atoms with E-state index in [1.807, 2.05) is 0 Å². The Hall–Kier alpha value is -1.31. The first-order chi connectivity index (χ1) is 7.35. The molecule has 0 aliphatic carbocycles. The van der Waals surface area contributed by atoms with Gasteiger partial charge in [0, 0.05) is 26.1 Å². The van der Waals surface area contributed by atoms with Gasteiger partial charge in [0.15, 0.2) is 0 Å². The Kier molecular flexibility index (Phi) is 3.74. The average Bonchev–Trinajstić information content (AvgIpc) is 2.68. The molecule has 0 saturated carbocycles. The number of hydrogen-bond acceptors (Lipinski definition) is 4. The lowest BCUT2D eigenvalue weighted by atomic mass is 10.1. The number of ether oxygens (including phenoxy) is 1. The summed E-state index contributed by atoms with van der Waals surface area (Å²) in [7, 11) is 1.25. The zero-order valence-corrected chi connectivity index (χ0v) is 8.78. The standard InChI is InChI=1S/C8H13F2N3O3/c1-12(4-6-2-3-16-5-6)7(11)8(9,10)13(14)15/h6,11H,2-5H2,1H3. The van der Waals surface area contributed by atoms with Crippen molar-refractivity contribution >= 4 is 5.84 Å². The van der Waals surface area contributed by atoms with Gasteiger partial charge in [0.25, 0.3) is 5.84 Å². The van der Waals surface area contributed by atoms with Crippen LogP contribution in [0, 0.1) is 21.4 Å². The molecule has 0 bridgehead atoms. The quantitative estimate of drug-likeness (QED) is 0.258. The van der Waals surface area contributed by atoms with E-state index in [2.05, 4.69) is 0 Å². The second kappa shape index (κ2) is 4.69. The van der Waals surface area contributed by atoms with Crippen molar-refractivity contribution in [3.63, 3.8) is 0 Å². The van der Waals surface area contributed by atoms with Crippen molar-refractivity contribution in [3.8, 4) is 0 Å². The van der Waals surface area contributed by atoms with Crippen LogP contribution < -0.4 is 0 Å². The van der Waals surface area contributed by atoms with Gasteiger partial charge in [0.05, 0.1) is 6.61 Å². The number of rotatable bonds is 4. The summed E-state index contributed by atoms with van der Waals surface area (Å²) < 4.78 is 30.8. The minimum atomic E-state index is -4.33. The smallest absolute Gasteiger partial charge is 0.381 e. The average molecular weight is 237 g/mol. The third-order valence-electron chi connectivity index (χ3n) is 2.45. The number of hydrogen-bond donors (Lipinski definition) is 1. The molecule has 92 valence electrons. The highest BCUT2D eigenvalue weighted by Crippen LogP contribution is 2.20. The maximum Gasteiger partial charge on any atom is 0.571 e. The van der Waals surface area contributed by atoms with Gasteiger partial charge in [-0.3, -0.25) is 15.5 Å². The fourth-order valence-electron chi connectivity index (χ4n) is 1.52. The highest BCUT2D eigenvalue weighted by Gasteiger charge is 2.52. The van der Waals surface area contributed by atoms with Crippen LogP contribution in [0.4, 0.5) is 8.78 Å². The van der Waals surface area contributed by atoms with E-state index in [-0.39, 0.29) is 12.5 Å². The zero-order valence-electron chi connectivity index (χ0n) is 8.78. The molecule has 1 atom stereocenters. The highest BCUT2D eigenvalue weighted by molar-refractivity contribution is 5.84. The molecule has 6 nitrogen and oxygen atoms in total. The SMILES string of the molecule is CN(CC1CCOC1)C(=N)C(F)(F)[N+](=O)[O-]. The number of amidine groups is 1. The van der Waals surface area contributed by atoms with Crippen LogP contribution in [0.25, 0.3) is 0 Å². The maximum atomic E-state index is 12.9. The van der Waals surface area contributed by atoms with Gasteiger partial charge in [-0.2, -0.15) is 0 Å². The molecule has 8 heteroatoms. The predicted molar refractivity (Wildman–Crippen MR) is 51.2 cm³/mol. The van der Waals surface area contributed by atoms with E-state index in [0.717, 1.165) is 11.3 Å². The molecule has 0 aromatic heterocycles. The van der Waals surface area contributed by atoms with Gasteiger partial charge >= 0.3 is 6.05 Å². The van der Waals surface area contributed by atoms with Crippen LogP contribution in [0.2, 0.25) is 0 Å². The van der Waals surface area contributed by atoms with Gasteiger partial charge in [-0.25, -0.2) is 0 Å². The Morgan fingerprint density at radius 1 is 1.75 bits per heavy atom. The van der Waals surface area contributed by atoms with Crippen LogP contribution in [0.15, 0.2) is 0 Å². The Morgan fingerprint density at radius 2 is 2.38 bits per heavy atom. The van der Waals surface area contributed by atoms with E-state index < -0.39 is 16.8 Å². The number of nitrogens with zero attached hydrogens (tertiary/aromatic N) is 2. The van der Waals surface area contributed by atoms with Crippen molar-refractivity contribution in [1.29, 1.82) is 5.41 Å². The summed E-state index contributed by atoms with van der Waals surface area (Å²) in [6.45, 7) is 1.18. The van der Waals surface area contributed by atoms with Crippen LogP contribution in [0.5, 0.6) is 0 Å². The van der Waals surface area contributed by atoms with E-state index in [0.29, 0.717) is 13.2 Å². The fraction of sp³-hybridized carbons (Fsp3) is 0.875. The van der Waals surface area contributed by atoms with Crippen LogP contribution in [0.1, 0.15) is 6.42 Å². The Balaban J connectivity index is 2.55. The summed E-state index contributed by atoms with van der Waals surface area (Å²) in [5.41, 5.74) is 0. The minimum Gasteiger partial charge on any atom is -0.381 e. The second-order valence-corrected chi connectivity index (χ2v) is 3.76. The van der Waals surface area contributed by atoms with Gasteiger partial charge in [-0.15, -0.1) is 8.78 Å². The molecular weight excluding hydrogens is 224 g/mol. The van der Waals surface area contributed by atoms with Crippen molar-refractivity contribution in [3.05, 3.63) is 10.1 Å². The normalized spacial score (nSPS) is 20.8. The molecule has 0 aromatic rings. The molecule has 1 heterocycles. The summed E-state index contributed by atoms with van der Waals surface area (Å²) in [6.07, 6.45) is 0.724. The molecule has 1 saturated heterocycles. The Bertz CT molecular complexity index is 292. The summed E-state index contributed by atoms with van der Waals surface area (Å²) >= 11 is 0. The molecule has 1 N–H and O–H groups in total. The molecule has 1 aliphatic rings. The summed E-state index contributed by atoms with van der Waals surface area (Å²) in [5, 5.41) is 17.2. The first-order valence-electron chi connectivity index (χ1n) is 4.76. The molecule has 1 unspecified atom stereocenters. The number of likely N-dealkylation sites (N-methyl/N-ethyl adjacent to an activating group) is 1. The predicted octanol–water partition coefficient (Wildman–Crippen LogP) is 0.801. The molecule has 0 spiro atoms. The van der Waals surface area contributed by atoms with Crippen LogP contribution in [0.3, 0.4) is 0 Å². The van der Waals surface area contributed by atoms with E-state index in [4.69, 9.17) is 10.1 Å². The first-order valence-corrected chi connectivity index (χ1v) is 4.76. The van der Waals surface area contributed by atoms with Crippen molar-refractivity contribution < 1.29 is 18.4 Å². The minimum absolute atomic E-state index is 0.0490. The van der Waals surface area contributed by atoms with Gasteiger partial charge in [0.2, 0.25) is 0 Å². The van der Waals surface area contributed by atoms with Crippen molar-refractivity contribution in [1.82, 2.24) is 4.90 Å². The lowest BCUT2D eigenvalue weighted by molar-refractivity contribution is -0.618. The molecule has 16 heavy (non-hydrogen) atoms. The fourth-order valence-corrected chi connectivity index (χ4v) is 1.52. The number of alkyl halides is 2. The van der Waals surface area contributed by atoms with E-state index in [9.17, 15) is 18.9 Å². The summed E-state index contributed by atoms with van der Waals surface area (Å²) in [4.78, 5) is 9.22. The van der Waals surface area contributed by atoms with E-state index in [1.165, 1.54) is 7.05 Å². The number of halogens is 2. The third-order valence-corrected chi connectivity index (χ3v) is 2.45.